The summed E-state index contributed by atoms with van der Waals surface area (Å²) in [6, 6.07) is 9.14. The van der Waals surface area contributed by atoms with Crippen molar-refractivity contribution in [3.8, 4) is 11.8 Å². The Morgan fingerprint density at radius 1 is 1.38 bits per heavy atom. The first-order valence-electron chi connectivity index (χ1n) is 6.69. The van der Waals surface area contributed by atoms with E-state index in [1.807, 2.05) is 31.2 Å². The van der Waals surface area contributed by atoms with Crippen molar-refractivity contribution in [2.75, 3.05) is 13.6 Å². The fourth-order valence-corrected chi connectivity index (χ4v) is 2.01. The maximum atomic E-state index is 12.4. The van der Waals surface area contributed by atoms with Crippen LogP contribution in [-0.2, 0) is 6.54 Å². The number of carbonyl (C=O) groups is 1. The van der Waals surface area contributed by atoms with Crippen LogP contribution in [0.4, 0.5) is 0 Å². The Balaban J connectivity index is 2.14. The van der Waals surface area contributed by atoms with Gasteiger partial charge in [-0.15, -0.1) is 0 Å². The molecule has 2 N–H and O–H groups in total. The molecule has 2 aromatic rings. The summed E-state index contributed by atoms with van der Waals surface area (Å²) in [6.07, 6.45) is 1.60. The monoisotopic (exact) mass is 282 g/mol. The quantitative estimate of drug-likeness (QED) is 0.878. The first-order valence-corrected chi connectivity index (χ1v) is 6.69. The molecule has 0 spiro atoms. The molecule has 4 heteroatoms. The summed E-state index contributed by atoms with van der Waals surface area (Å²) in [5, 5.41) is 0. The van der Waals surface area contributed by atoms with Gasteiger partial charge in [0.05, 0.1) is 19.4 Å². The minimum Gasteiger partial charge on any atom is -0.467 e. The van der Waals surface area contributed by atoms with Crippen molar-refractivity contribution in [1.82, 2.24) is 4.90 Å². The van der Waals surface area contributed by atoms with E-state index < -0.39 is 0 Å². The topological polar surface area (TPSA) is 59.5 Å². The van der Waals surface area contributed by atoms with E-state index in [-0.39, 0.29) is 5.91 Å². The summed E-state index contributed by atoms with van der Waals surface area (Å²) >= 11 is 0. The molecule has 2 rings (SSSR count). The van der Waals surface area contributed by atoms with Crippen LogP contribution in [0.5, 0.6) is 0 Å². The van der Waals surface area contributed by atoms with Crippen molar-refractivity contribution in [2.24, 2.45) is 5.73 Å². The summed E-state index contributed by atoms with van der Waals surface area (Å²) in [7, 11) is 1.75. The van der Waals surface area contributed by atoms with Crippen molar-refractivity contribution in [2.45, 2.75) is 13.5 Å². The Morgan fingerprint density at radius 2 is 2.19 bits per heavy atom. The number of furan rings is 1. The standard InChI is InChI=1S/C17H18N2O2/c1-13-11-15(8-7-14(13)5-3-9-18)17(20)19(2)12-16-6-4-10-21-16/h4,6-8,10-11H,9,12,18H2,1-2H3. The van der Waals surface area contributed by atoms with E-state index in [2.05, 4.69) is 11.8 Å². The highest BCUT2D eigenvalue weighted by molar-refractivity contribution is 5.94. The molecule has 0 unspecified atom stereocenters. The molecule has 0 radical (unpaired) electrons. The van der Waals surface area contributed by atoms with Crippen molar-refractivity contribution >= 4 is 5.91 Å². The Kier molecular flexibility index (Phi) is 4.81. The van der Waals surface area contributed by atoms with Gasteiger partial charge in [0, 0.05) is 18.2 Å². The molecule has 0 saturated heterocycles. The Bertz CT molecular complexity index is 679. The lowest BCUT2D eigenvalue weighted by Crippen LogP contribution is -2.26. The van der Waals surface area contributed by atoms with Crippen LogP contribution in [0.2, 0.25) is 0 Å². The fraction of sp³-hybridized carbons (Fsp3) is 0.235. The van der Waals surface area contributed by atoms with Crippen molar-refractivity contribution in [3.05, 3.63) is 59.0 Å². The number of nitrogens with two attached hydrogens (primary N) is 1. The maximum absolute atomic E-state index is 12.4. The van der Waals surface area contributed by atoms with Crippen LogP contribution < -0.4 is 5.73 Å². The van der Waals surface area contributed by atoms with E-state index >= 15 is 0 Å². The highest BCUT2D eigenvalue weighted by Crippen LogP contribution is 2.13. The van der Waals surface area contributed by atoms with E-state index in [9.17, 15) is 4.79 Å². The largest absolute Gasteiger partial charge is 0.467 e. The van der Waals surface area contributed by atoms with E-state index in [1.54, 1.807) is 24.3 Å². The highest BCUT2D eigenvalue weighted by Gasteiger charge is 2.13. The lowest BCUT2D eigenvalue weighted by molar-refractivity contribution is 0.0775. The molecule has 21 heavy (non-hydrogen) atoms. The van der Waals surface area contributed by atoms with Crippen LogP contribution in [-0.4, -0.2) is 24.4 Å². The SMILES string of the molecule is Cc1cc(C(=O)N(C)Cc2ccco2)ccc1C#CCN. The second kappa shape index (κ2) is 6.78. The molecule has 1 heterocycles. The predicted molar refractivity (Wildman–Crippen MR) is 81.6 cm³/mol. The van der Waals surface area contributed by atoms with Crippen LogP contribution in [0, 0.1) is 18.8 Å². The van der Waals surface area contributed by atoms with Crippen LogP contribution in [0.25, 0.3) is 0 Å². The molecule has 0 aliphatic carbocycles. The van der Waals surface area contributed by atoms with E-state index in [4.69, 9.17) is 10.2 Å². The number of aryl methyl sites for hydroxylation is 1. The van der Waals surface area contributed by atoms with Crippen molar-refractivity contribution < 1.29 is 9.21 Å². The third-order valence-electron chi connectivity index (χ3n) is 3.12. The third-order valence-corrected chi connectivity index (χ3v) is 3.12. The zero-order valence-electron chi connectivity index (χ0n) is 12.2. The molecule has 1 aromatic carbocycles. The number of amides is 1. The average Bonchev–Trinajstić information content (AvgIpc) is 2.98. The van der Waals surface area contributed by atoms with Gasteiger partial charge in [-0.25, -0.2) is 0 Å². The molecule has 108 valence electrons. The average molecular weight is 282 g/mol. The molecule has 0 aliphatic rings. The molecular formula is C17H18N2O2. The van der Waals surface area contributed by atoms with Gasteiger partial charge in [0.15, 0.2) is 0 Å². The number of carbonyl (C=O) groups excluding carboxylic acids is 1. The molecular weight excluding hydrogens is 264 g/mol. The highest BCUT2D eigenvalue weighted by atomic mass is 16.3. The Labute approximate surface area is 124 Å². The molecule has 0 aliphatic heterocycles. The van der Waals surface area contributed by atoms with E-state index in [0.29, 0.717) is 18.7 Å². The van der Waals surface area contributed by atoms with Gasteiger partial charge in [0.1, 0.15) is 5.76 Å². The summed E-state index contributed by atoms with van der Waals surface area (Å²) in [5.41, 5.74) is 7.86. The molecule has 4 nitrogen and oxygen atoms in total. The molecule has 0 atom stereocenters. The Hall–Kier alpha value is -2.51. The number of hydrogen-bond donors (Lipinski definition) is 1. The zero-order chi connectivity index (χ0) is 15.2. The van der Waals surface area contributed by atoms with Gasteiger partial charge in [-0.05, 0) is 42.8 Å². The first kappa shape index (κ1) is 14.9. The first-order chi connectivity index (χ1) is 10.1. The lowest BCUT2D eigenvalue weighted by atomic mass is 10.0. The summed E-state index contributed by atoms with van der Waals surface area (Å²) in [4.78, 5) is 14.0. The van der Waals surface area contributed by atoms with Crippen molar-refractivity contribution in [1.29, 1.82) is 0 Å². The minimum absolute atomic E-state index is 0.0483. The smallest absolute Gasteiger partial charge is 0.254 e. The van der Waals surface area contributed by atoms with Crippen molar-refractivity contribution in [3.63, 3.8) is 0 Å². The van der Waals surface area contributed by atoms with Gasteiger partial charge in [-0.2, -0.15) is 0 Å². The number of rotatable bonds is 3. The van der Waals surface area contributed by atoms with Gasteiger partial charge in [-0.1, -0.05) is 11.8 Å². The van der Waals surface area contributed by atoms with Gasteiger partial charge in [-0.3, -0.25) is 4.79 Å². The number of nitrogens with zero attached hydrogens (tertiary/aromatic N) is 1. The lowest BCUT2D eigenvalue weighted by Gasteiger charge is -2.16. The molecule has 1 aromatic heterocycles. The molecule has 0 bridgehead atoms. The summed E-state index contributed by atoms with van der Waals surface area (Å²) in [6.45, 7) is 2.70. The Morgan fingerprint density at radius 3 is 2.81 bits per heavy atom. The number of benzene rings is 1. The second-order valence-corrected chi connectivity index (χ2v) is 4.78. The number of hydrogen-bond acceptors (Lipinski definition) is 3. The molecule has 0 fully saturated rings. The summed E-state index contributed by atoms with van der Waals surface area (Å²) < 4.78 is 5.25. The van der Waals surface area contributed by atoms with Gasteiger partial charge in [0.2, 0.25) is 0 Å². The second-order valence-electron chi connectivity index (χ2n) is 4.78. The van der Waals surface area contributed by atoms with Crippen LogP contribution in [0.15, 0.2) is 41.0 Å². The summed E-state index contributed by atoms with van der Waals surface area (Å²) in [5.74, 6) is 6.52. The molecule has 0 saturated carbocycles. The van der Waals surface area contributed by atoms with Crippen LogP contribution in [0.3, 0.4) is 0 Å². The minimum atomic E-state index is -0.0483. The van der Waals surface area contributed by atoms with Gasteiger partial charge < -0.3 is 15.1 Å². The van der Waals surface area contributed by atoms with Crippen LogP contribution in [0.1, 0.15) is 27.2 Å². The van der Waals surface area contributed by atoms with Gasteiger partial charge in [0.25, 0.3) is 5.91 Å². The normalized spacial score (nSPS) is 9.86. The zero-order valence-corrected chi connectivity index (χ0v) is 12.2. The fourth-order valence-electron chi connectivity index (χ4n) is 2.01. The third kappa shape index (κ3) is 3.74. The van der Waals surface area contributed by atoms with Gasteiger partial charge >= 0.3 is 0 Å². The maximum Gasteiger partial charge on any atom is 0.254 e. The predicted octanol–water partition coefficient (Wildman–Crippen LogP) is 2.17. The molecule has 1 amide bonds. The van der Waals surface area contributed by atoms with E-state index in [1.165, 1.54) is 0 Å². The van der Waals surface area contributed by atoms with Crippen LogP contribution >= 0.6 is 0 Å². The van der Waals surface area contributed by atoms with E-state index in [0.717, 1.165) is 16.9 Å².